The third-order valence-corrected chi connectivity index (χ3v) is 5.25. The molecule has 4 heteroatoms. The molecule has 0 saturated carbocycles. The van der Waals surface area contributed by atoms with Gasteiger partial charge in [-0.25, -0.2) is 0 Å². The van der Waals surface area contributed by atoms with E-state index in [9.17, 15) is 0 Å². The van der Waals surface area contributed by atoms with Crippen LogP contribution in [0.4, 0.5) is 0 Å². The van der Waals surface area contributed by atoms with E-state index in [-0.39, 0.29) is 4.87 Å². The molecule has 3 nitrogen and oxygen atoms in total. The van der Waals surface area contributed by atoms with Crippen LogP contribution in [0.1, 0.15) is 32.3 Å². The van der Waals surface area contributed by atoms with Crippen molar-refractivity contribution in [2.75, 3.05) is 12.5 Å². The van der Waals surface area contributed by atoms with Gasteiger partial charge in [-0.1, -0.05) is 6.07 Å². The maximum absolute atomic E-state index is 5.43. The Balaban J connectivity index is 1.62. The molecule has 1 aromatic carbocycles. The molecule has 0 bridgehead atoms. The smallest absolute Gasteiger partial charge is 0.231 e. The van der Waals surface area contributed by atoms with Gasteiger partial charge in [-0.2, -0.15) is 0 Å². The molecular weight excluding hydrogens is 258 g/mol. The van der Waals surface area contributed by atoms with Crippen LogP contribution < -0.4 is 14.8 Å². The van der Waals surface area contributed by atoms with Gasteiger partial charge in [0, 0.05) is 6.04 Å². The minimum Gasteiger partial charge on any atom is -0.454 e. The molecular formula is C15H21NO2S. The van der Waals surface area contributed by atoms with Crippen LogP contribution in [0.15, 0.2) is 18.2 Å². The molecule has 104 valence electrons. The van der Waals surface area contributed by atoms with E-state index in [4.69, 9.17) is 9.47 Å². The summed E-state index contributed by atoms with van der Waals surface area (Å²) in [6.45, 7) is 4.95. The van der Waals surface area contributed by atoms with Gasteiger partial charge in [-0.05, 0) is 56.6 Å². The molecule has 0 spiro atoms. The number of rotatable bonds is 3. The number of nitrogens with one attached hydrogen (secondary N) is 1. The first-order valence-corrected chi connectivity index (χ1v) is 7.93. The number of thioether (sulfide) groups is 1. The van der Waals surface area contributed by atoms with E-state index in [0.717, 1.165) is 24.3 Å². The Hall–Kier alpha value is -0.870. The molecule has 2 aliphatic heterocycles. The highest BCUT2D eigenvalue weighted by atomic mass is 32.2. The van der Waals surface area contributed by atoms with E-state index in [1.54, 1.807) is 0 Å². The van der Waals surface area contributed by atoms with Crippen molar-refractivity contribution in [3.05, 3.63) is 23.8 Å². The zero-order valence-electron chi connectivity index (χ0n) is 11.6. The first-order valence-electron chi connectivity index (χ1n) is 6.95. The van der Waals surface area contributed by atoms with E-state index >= 15 is 0 Å². The van der Waals surface area contributed by atoms with E-state index in [2.05, 4.69) is 31.3 Å². The van der Waals surface area contributed by atoms with Crippen molar-refractivity contribution in [1.29, 1.82) is 0 Å². The Morgan fingerprint density at radius 3 is 3.05 bits per heavy atom. The van der Waals surface area contributed by atoms with Gasteiger partial charge < -0.3 is 14.8 Å². The molecule has 1 aromatic rings. The van der Waals surface area contributed by atoms with Gasteiger partial charge in [0.15, 0.2) is 11.5 Å². The number of hydrogen-bond donors (Lipinski definition) is 1. The first-order chi connectivity index (χ1) is 9.15. The summed E-state index contributed by atoms with van der Waals surface area (Å²) in [5.74, 6) is 3.01. The predicted molar refractivity (Wildman–Crippen MR) is 79.0 cm³/mol. The number of benzene rings is 1. The van der Waals surface area contributed by atoms with Crippen molar-refractivity contribution >= 4 is 11.8 Å². The van der Waals surface area contributed by atoms with Gasteiger partial charge in [-0.3, -0.25) is 0 Å². The van der Waals surface area contributed by atoms with Crippen molar-refractivity contribution in [3.8, 4) is 11.5 Å². The molecule has 0 amide bonds. The predicted octanol–water partition coefficient (Wildman–Crippen LogP) is 3.18. The summed E-state index contributed by atoms with van der Waals surface area (Å²) in [6.07, 6.45) is 3.48. The zero-order valence-corrected chi connectivity index (χ0v) is 12.4. The van der Waals surface area contributed by atoms with E-state index in [0.29, 0.717) is 12.8 Å². The minimum absolute atomic E-state index is 0.202. The quantitative estimate of drug-likeness (QED) is 0.920. The average molecular weight is 279 g/mol. The van der Waals surface area contributed by atoms with Gasteiger partial charge >= 0.3 is 0 Å². The summed E-state index contributed by atoms with van der Waals surface area (Å²) in [5.41, 5.74) is 1.33. The summed E-state index contributed by atoms with van der Waals surface area (Å²) in [4.78, 5) is 0.202. The topological polar surface area (TPSA) is 30.5 Å². The molecule has 0 radical (unpaired) electrons. The van der Waals surface area contributed by atoms with Crippen LogP contribution >= 0.6 is 11.8 Å². The number of fused-ring (bicyclic) bond motifs is 1. The van der Waals surface area contributed by atoms with Crippen LogP contribution in [-0.4, -0.2) is 23.5 Å². The largest absolute Gasteiger partial charge is 0.454 e. The van der Waals surface area contributed by atoms with Gasteiger partial charge in [0.1, 0.15) is 0 Å². The van der Waals surface area contributed by atoms with Crippen LogP contribution in [-0.2, 0) is 6.42 Å². The molecule has 0 aliphatic carbocycles. The number of ether oxygens (including phenoxy) is 2. The van der Waals surface area contributed by atoms with Crippen LogP contribution in [0.5, 0.6) is 11.5 Å². The standard InChI is InChI=1S/C15H21NO2S/c1-11-6-8-19-15(2,16-11)7-5-12-3-4-13-14(9-12)18-10-17-13/h3-4,9,11,16H,5-8,10H2,1-2H3. The molecule has 1 N–H and O–H groups in total. The Morgan fingerprint density at radius 1 is 1.37 bits per heavy atom. The Morgan fingerprint density at radius 2 is 2.21 bits per heavy atom. The van der Waals surface area contributed by atoms with Gasteiger partial charge in [0.2, 0.25) is 6.79 Å². The number of aryl methyl sites for hydroxylation is 1. The normalized spacial score (nSPS) is 29.5. The molecule has 2 atom stereocenters. The second-order valence-corrected chi connectivity index (χ2v) is 7.20. The number of hydrogen-bond acceptors (Lipinski definition) is 4. The van der Waals surface area contributed by atoms with Gasteiger partial charge in [0.05, 0.1) is 4.87 Å². The summed E-state index contributed by atoms with van der Waals surface area (Å²) in [6, 6.07) is 6.91. The van der Waals surface area contributed by atoms with Crippen molar-refractivity contribution in [1.82, 2.24) is 5.32 Å². The second-order valence-electron chi connectivity index (χ2n) is 5.60. The molecule has 3 rings (SSSR count). The molecule has 19 heavy (non-hydrogen) atoms. The molecule has 1 saturated heterocycles. The van der Waals surface area contributed by atoms with Crippen LogP contribution in [0.25, 0.3) is 0 Å². The van der Waals surface area contributed by atoms with Crippen LogP contribution in [0, 0.1) is 0 Å². The van der Waals surface area contributed by atoms with Crippen molar-refractivity contribution < 1.29 is 9.47 Å². The van der Waals surface area contributed by atoms with E-state index in [1.165, 1.54) is 17.7 Å². The summed E-state index contributed by atoms with van der Waals surface area (Å²) in [5, 5.41) is 3.72. The minimum atomic E-state index is 0.202. The first kappa shape index (κ1) is 13.1. The average Bonchev–Trinajstić information content (AvgIpc) is 2.83. The maximum atomic E-state index is 5.43. The fourth-order valence-electron chi connectivity index (χ4n) is 2.72. The van der Waals surface area contributed by atoms with Crippen LogP contribution in [0.3, 0.4) is 0 Å². The molecule has 2 heterocycles. The Labute approximate surface area is 119 Å². The molecule has 0 aromatic heterocycles. The Kier molecular flexibility index (Phi) is 3.63. The SMILES string of the molecule is CC1CCSC(C)(CCc2ccc3c(c2)OCO3)N1. The lowest BCUT2D eigenvalue weighted by Gasteiger charge is -2.38. The Bertz CT molecular complexity index is 465. The van der Waals surface area contributed by atoms with E-state index in [1.807, 2.05) is 17.8 Å². The highest BCUT2D eigenvalue weighted by Gasteiger charge is 2.29. The lowest BCUT2D eigenvalue weighted by molar-refractivity contribution is 0.174. The third kappa shape index (κ3) is 3.00. The second kappa shape index (κ2) is 5.25. The third-order valence-electron chi connectivity index (χ3n) is 3.85. The molecule has 2 unspecified atom stereocenters. The van der Waals surface area contributed by atoms with Crippen LogP contribution in [0.2, 0.25) is 0 Å². The summed E-state index contributed by atoms with van der Waals surface area (Å²) in [7, 11) is 0. The van der Waals surface area contributed by atoms with Crippen molar-refractivity contribution in [3.63, 3.8) is 0 Å². The molecule has 2 aliphatic rings. The zero-order chi connectivity index (χ0) is 13.3. The van der Waals surface area contributed by atoms with Gasteiger partial charge in [0.25, 0.3) is 0 Å². The van der Waals surface area contributed by atoms with E-state index < -0.39 is 0 Å². The van der Waals surface area contributed by atoms with Crippen molar-refractivity contribution in [2.45, 2.75) is 44.0 Å². The monoisotopic (exact) mass is 279 g/mol. The fourth-order valence-corrected chi connectivity index (χ4v) is 4.17. The molecule has 1 fully saturated rings. The van der Waals surface area contributed by atoms with Crippen molar-refractivity contribution in [2.24, 2.45) is 0 Å². The highest BCUT2D eigenvalue weighted by molar-refractivity contribution is 8.00. The van der Waals surface area contributed by atoms with Gasteiger partial charge in [-0.15, -0.1) is 11.8 Å². The fraction of sp³-hybridized carbons (Fsp3) is 0.600. The maximum Gasteiger partial charge on any atom is 0.231 e. The lowest BCUT2D eigenvalue weighted by Crippen LogP contribution is -2.48. The summed E-state index contributed by atoms with van der Waals surface area (Å²) < 4.78 is 10.8. The lowest BCUT2D eigenvalue weighted by atomic mass is 10.0. The summed E-state index contributed by atoms with van der Waals surface area (Å²) >= 11 is 2.05. The highest BCUT2D eigenvalue weighted by Crippen LogP contribution is 2.35.